The van der Waals surface area contributed by atoms with Crippen molar-refractivity contribution in [2.75, 3.05) is 39.9 Å². The molecule has 0 aromatic carbocycles. The van der Waals surface area contributed by atoms with Crippen molar-refractivity contribution >= 4 is 5.91 Å². The predicted molar refractivity (Wildman–Crippen MR) is 72.6 cm³/mol. The van der Waals surface area contributed by atoms with E-state index in [0.717, 1.165) is 19.6 Å². The molecule has 1 fully saturated rings. The lowest BCUT2D eigenvalue weighted by molar-refractivity contribution is -0.126. The van der Waals surface area contributed by atoms with Gasteiger partial charge in [-0.25, -0.2) is 0 Å². The van der Waals surface area contributed by atoms with Crippen LogP contribution >= 0.6 is 0 Å². The number of nitrogens with one attached hydrogen (secondary N) is 2. The molecule has 106 valence electrons. The largest absolute Gasteiger partial charge is 0.383 e. The minimum Gasteiger partial charge on any atom is -0.383 e. The molecule has 1 saturated heterocycles. The van der Waals surface area contributed by atoms with E-state index in [0.29, 0.717) is 19.2 Å². The van der Waals surface area contributed by atoms with E-state index in [2.05, 4.69) is 22.5 Å². The fraction of sp³-hybridized carbons (Fsp3) is 0.923. The normalized spacial score (nSPS) is 21.2. The van der Waals surface area contributed by atoms with Crippen molar-refractivity contribution in [1.29, 1.82) is 0 Å². The molecule has 5 heteroatoms. The standard InChI is InChI=1S/C13H27N3O2/c1-4-16(10-12-6-5-7-14-12)11(2)13(17)15-8-9-18-3/h11-12,14H,4-10H2,1-3H3,(H,15,17). The first-order valence-corrected chi connectivity index (χ1v) is 6.93. The van der Waals surface area contributed by atoms with Crippen LogP contribution in [0.25, 0.3) is 0 Å². The smallest absolute Gasteiger partial charge is 0.237 e. The summed E-state index contributed by atoms with van der Waals surface area (Å²) < 4.78 is 4.93. The zero-order chi connectivity index (χ0) is 13.4. The summed E-state index contributed by atoms with van der Waals surface area (Å²) >= 11 is 0. The van der Waals surface area contributed by atoms with Crippen molar-refractivity contribution in [3.8, 4) is 0 Å². The summed E-state index contributed by atoms with van der Waals surface area (Å²) in [6.45, 7) is 8.19. The van der Waals surface area contributed by atoms with E-state index in [9.17, 15) is 4.79 Å². The van der Waals surface area contributed by atoms with Gasteiger partial charge in [0.1, 0.15) is 0 Å². The van der Waals surface area contributed by atoms with E-state index in [1.54, 1.807) is 7.11 Å². The average molecular weight is 257 g/mol. The fourth-order valence-corrected chi connectivity index (χ4v) is 2.35. The first kappa shape index (κ1) is 15.4. The number of hydrogen-bond donors (Lipinski definition) is 2. The van der Waals surface area contributed by atoms with Gasteiger partial charge in [-0.1, -0.05) is 6.92 Å². The minimum absolute atomic E-state index is 0.0748. The van der Waals surface area contributed by atoms with Crippen LogP contribution < -0.4 is 10.6 Å². The van der Waals surface area contributed by atoms with Crippen molar-refractivity contribution in [2.45, 2.75) is 38.8 Å². The van der Waals surface area contributed by atoms with Gasteiger partial charge in [0.05, 0.1) is 12.6 Å². The molecule has 1 rings (SSSR count). The van der Waals surface area contributed by atoms with Gasteiger partial charge < -0.3 is 15.4 Å². The second-order valence-electron chi connectivity index (χ2n) is 4.84. The van der Waals surface area contributed by atoms with E-state index in [4.69, 9.17) is 4.74 Å². The zero-order valence-corrected chi connectivity index (χ0v) is 11.9. The van der Waals surface area contributed by atoms with Gasteiger partial charge in [-0.15, -0.1) is 0 Å². The molecular formula is C13H27N3O2. The Morgan fingerprint density at radius 3 is 2.94 bits per heavy atom. The van der Waals surface area contributed by atoms with E-state index in [1.165, 1.54) is 12.8 Å². The molecule has 1 amide bonds. The molecule has 1 aliphatic rings. The van der Waals surface area contributed by atoms with Gasteiger partial charge in [0.2, 0.25) is 5.91 Å². The summed E-state index contributed by atoms with van der Waals surface area (Å²) in [5, 5.41) is 6.37. The highest BCUT2D eigenvalue weighted by atomic mass is 16.5. The maximum absolute atomic E-state index is 12.0. The third-order valence-electron chi connectivity index (χ3n) is 3.56. The number of rotatable bonds is 8. The van der Waals surface area contributed by atoms with E-state index >= 15 is 0 Å². The van der Waals surface area contributed by atoms with Gasteiger partial charge in [-0.2, -0.15) is 0 Å². The predicted octanol–water partition coefficient (Wildman–Crippen LogP) is 0.211. The van der Waals surface area contributed by atoms with Crippen LogP contribution in [0.5, 0.6) is 0 Å². The Morgan fingerprint density at radius 2 is 2.39 bits per heavy atom. The van der Waals surface area contributed by atoms with Crippen molar-refractivity contribution in [2.24, 2.45) is 0 Å². The average Bonchev–Trinajstić information content (AvgIpc) is 2.88. The molecule has 0 aromatic rings. The summed E-state index contributed by atoms with van der Waals surface area (Å²) in [6.07, 6.45) is 2.46. The number of ether oxygens (including phenoxy) is 1. The van der Waals surface area contributed by atoms with Crippen LogP contribution in [-0.2, 0) is 9.53 Å². The summed E-state index contributed by atoms with van der Waals surface area (Å²) in [5.41, 5.74) is 0. The van der Waals surface area contributed by atoms with Crippen molar-refractivity contribution < 1.29 is 9.53 Å². The van der Waals surface area contributed by atoms with Gasteiger partial charge >= 0.3 is 0 Å². The zero-order valence-electron chi connectivity index (χ0n) is 11.9. The van der Waals surface area contributed by atoms with Crippen molar-refractivity contribution in [3.63, 3.8) is 0 Å². The number of hydrogen-bond acceptors (Lipinski definition) is 4. The van der Waals surface area contributed by atoms with Gasteiger partial charge in [-0.3, -0.25) is 9.69 Å². The van der Waals surface area contributed by atoms with Crippen LogP contribution in [0.2, 0.25) is 0 Å². The Bertz CT molecular complexity index is 242. The molecule has 0 radical (unpaired) electrons. The van der Waals surface area contributed by atoms with Crippen LogP contribution in [0.3, 0.4) is 0 Å². The Morgan fingerprint density at radius 1 is 1.61 bits per heavy atom. The van der Waals surface area contributed by atoms with Crippen molar-refractivity contribution in [3.05, 3.63) is 0 Å². The maximum Gasteiger partial charge on any atom is 0.237 e. The number of nitrogens with zero attached hydrogens (tertiary/aromatic N) is 1. The van der Waals surface area contributed by atoms with Crippen LogP contribution in [0.15, 0.2) is 0 Å². The molecule has 18 heavy (non-hydrogen) atoms. The number of amides is 1. The second kappa shape index (κ2) is 8.45. The third-order valence-corrected chi connectivity index (χ3v) is 3.56. The molecule has 5 nitrogen and oxygen atoms in total. The molecule has 0 aliphatic carbocycles. The highest BCUT2D eigenvalue weighted by Gasteiger charge is 2.24. The molecule has 1 aliphatic heterocycles. The van der Waals surface area contributed by atoms with Crippen LogP contribution in [0.4, 0.5) is 0 Å². The van der Waals surface area contributed by atoms with Crippen molar-refractivity contribution in [1.82, 2.24) is 15.5 Å². The van der Waals surface area contributed by atoms with E-state index in [-0.39, 0.29) is 11.9 Å². The molecule has 0 saturated carbocycles. The molecule has 0 aromatic heterocycles. The second-order valence-corrected chi connectivity index (χ2v) is 4.84. The van der Waals surface area contributed by atoms with E-state index < -0.39 is 0 Å². The monoisotopic (exact) mass is 257 g/mol. The first-order valence-electron chi connectivity index (χ1n) is 6.93. The van der Waals surface area contributed by atoms with Crippen LogP contribution in [-0.4, -0.2) is 62.8 Å². The molecule has 1 heterocycles. The Kier molecular flexibility index (Phi) is 7.23. The lowest BCUT2D eigenvalue weighted by atomic mass is 10.1. The van der Waals surface area contributed by atoms with Gasteiger partial charge in [-0.05, 0) is 32.9 Å². The fourth-order valence-electron chi connectivity index (χ4n) is 2.35. The highest BCUT2D eigenvalue weighted by Crippen LogP contribution is 2.09. The molecule has 2 unspecified atom stereocenters. The molecule has 0 spiro atoms. The molecule has 2 atom stereocenters. The first-order chi connectivity index (χ1) is 8.69. The Balaban J connectivity index is 2.34. The maximum atomic E-state index is 12.0. The molecule has 2 N–H and O–H groups in total. The highest BCUT2D eigenvalue weighted by molar-refractivity contribution is 5.81. The number of carbonyl (C=O) groups excluding carboxylic acids is 1. The quantitative estimate of drug-likeness (QED) is 0.611. The van der Waals surface area contributed by atoms with Gasteiger partial charge in [0.15, 0.2) is 0 Å². The summed E-state index contributed by atoms with van der Waals surface area (Å²) in [6, 6.07) is 0.466. The molecular weight excluding hydrogens is 230 g/mol. The lowest BCUT2D eigenvalue weighted by Crippen LogP contribution is -2.49. The topological polar surface area (TPSA) is 53.6 Å². The summed E-state index contributed by atoms with van der Waals surface area (Å²) in [4.78, 5) is 14.2. The summed E-state index contributed by atoms with van der Waals surface area (Å²) in [5.74, 6) is 0.0897. The number of likely N-dealkylation sites (N-methyl/N-ethyl adjacent to an activating group) is 1. The molecule has 0 bridgehead atoms. The van der Waals surface area contributed by atoms with Gasteiger partial charge in [0.25, 0.3) is 0 Å². The summed E-state index contributed by atoms with van der Waals surface area (Å²) in [7, 11) is 1.64. The van der Waals surface area contributed by atoms with Gasteiger partial charge in [0, 0.05) is 26.2 Å². The Hall–Kier alpha value is -0.650. The number of carbonyl (C=O) groups is 1. The Labute approximate surface area is 110 Å². The number of methoxy groups -OCH3 is 1. The van der Waals surface area contributed by atoms with E-state index in [1.807, 2.05) is 6.92 Å². The minimum atomic E-state index is -0.0748. The SMILES string of the molecule is CCN(CC1CCCN1)C(C)C(=O)NCCOC. The third kappa shape index (κ3) is 4.92. The van der Waals surface area contributed by atoms with Crippen LogP contribution in [0.1, 0.15) is 26.7 Å². The van der Waals surface area contributed by atoms with Crippen LogP contribution in [0, 0.1) is 0 Å². The lowest BCUT2D eigenvalue weighted by Gasteiger charge is -2.29.